The summed E-state index contributed by atoms with van der Waals surface area (Å²) in [5, 5.41) is 12.2. The second-order valence-electron chi connectivity index (χ2n) is 5.24. The third-order valence-electron chi connectivity index (χ3n) is 3.32. The lowest BCUT2D eigenvalue weighted by atomic mass is 10.1. The number of thioether (sulfide) groups is 1. The molecule has 5 nitrogen and oxygen atoms in total. The van der Waals surface area contributed by atoms with E-state index in [0.717, 1.165) is 15.2 Å². The van der Waals surface area contributed by atoms with Gasteiger partial charge in [0.25, 0.3) is 0 Å². The van der Waals surface area contributed by atoms with Crippen molar-refractivity contribution in [2.45, 2.75) is 30.4 Å². The van der Waals surface area contributed by atoms with E-state index in [0.29, 0.717) is 0 Å². The van der Waals surface area contributed by atoms with Gasteiger partial charge in [0.05, 0.1) is 5.25 Å². The first-order valence-corrected chi connectivity index (χ1v) is 8.62. The maximum atomic E-state index is 11.9. The first kappa shape index (κ1) is 16.8. The van der Waals surface area contributed by atoms with E-state index in [-0.39, 0.29) is 11.2 Å². The number of aryl methyl sites for hydroxylation is 1. The molecule has 1 atom stereocenters. The number of nitrogens with one attached hydrogen (secondary N) is 1. The summed E-state index contributed by atoms with van der Waals surface area (Å²) in [7, 11) is 3.51. The number of rotatable bonds is 5. The van der Waals surface area contributed by atoms with Gasteiger partial charge in [-0.25, -0.2) is 0 Å². The van der Waals surface area contributed by atoms with Crippen molar-refractivity contribution < 1.29 is 4.79 Å². The predicted octanol–water partition coefficient (Wildman–Crippen LogP) is 3.47. The maximum Gasteiger partial charge on any atom is 0.235 e. The Kier molecular flexibility index (Phi) is 5.42. The van der Waals surface area contributed by atoms with E-state index >= 15 is 0 Å². The molecule has 0 aliphatic heterocycles. The van der Waals surface area contributed by atoms with Gasteiger partial charge in [-0.05, 0) is 38.0 Å². The Morgan fingerprint density at radius 2 is 2.05 bits per heavy atom. The van der Waals surface area contributed by atoms with E-state index in [2.05, 4.69) is 35.4 Å². The van der Waals surface area contributed by atoms with Gasteiger partial charge in [0.1, 0.15) is 0 Å². The van der Waals surface area contributed by atoms with E-state index in [1.54, 1.807) is 19.0 Å². The second kappa shape index (κ2) is 7.11. The van der Waals surface area contributed by atoms with Gasteiger partial charge in [-0.3, -0.25) is 4.79 Å². The van der Waals surface area contributed by atoms with Gasteiger partial charge in [0.15, 0.2) is 4.34 Å². The van der Waals surface area contributed by atoms with Crippen molar-refractivity contribution in [1.29, 1.82) is 0 Å². The number of carbonyl (C=O) groups excluding carboxylic acids is 1. The van der Waals surface area contributed by atoms with Crippen molar-refractivity contribution in [1.82, 2.24) is 15.1 Å². The summed E-state index contributed by atoms with van der Waals surface area (Å²) in [4.78, 5) is 13.5. The van der Waals surface area contributed by atoms with Crippen molar-refractivity contribution in [2.24, 2.45) is 0 Å². The zero-order chi connectivity index (χ0) is 16.3. The zero-order valence-corrected chi connectivity index (χ0v) is 15.0. The van der Waals surface area contributed by atoms with Crippen LogP contribution >= 0.6 is 23.1 Å². The van der Waals surface area contributed by atoms with Crippen LogP contribution in [0.1, 0.15) is 18.1 Å². The molecule has 0 bridgehead atoms. The fourth-order valence-electron chi connectivity index (χ4n) is 1.87. The molecule has 1 unspecified atom stereocenters. The molecule has 1 N–H and O–H groups in total. The minimum Gasteiger partial charge on any atom is -0.348 e. The van der Waals surface area contributed by atoms with Crippen LogP contribution in [0.2, 0.25) is 0 Å². The predicted molar refractivity (Wildman–Crippen MR) is 93.1 cm³/mol. The fraction of sp³-hybridized carbons (Fsp3) is 0.400. The van der Waals surface area contributed by atoms with Crippen LogP contribution in [0.3, 0.4) is 0 Å². The average molecular weight is 336 g/mol. The first-order chi connectivity index (χ1) is 10.4. The Bertz CT molecular complexity index is 669. The van der Waals surface area contributed by atoms with E-state index in [1.165, 1.54) is 34.2 Å². The van der Waals surface area contributed by atoms with E-state index < -0.39 is 0 Å². The largest absolute Gasteiger partial charge is 0.348 e. The van der Waals surface area contributed by atoms with Crippen LogP contribution in [0.25, 0.3) is 0 Å². The minimum atomic E-state index is -0.170. The monoisotopic (exact) mass is 336 g/mol. The normalized spacial score (nSPS) is 12.0. The van der Waals surface area contributed by atoms with Crippen LogP contribution < -0.4 is 5.32 Å². The quantitative estimate of drug-likeness (QED) is 0.847. The number of nitrogens with zero attached hydrogens (tertiary/aromatic N) is 3. The Labute approximate surface area is 139 Å². The van der Waals surface area contributed by atoms with Crippen molar-refractivity contribution in [3.05, 3.63) is 29.3 Å². The number of carbonyl (C=O) groups is 1. The van der Waals surface area contributed by atoms with Gasteiger partial charge >= 0.3 is 0 Å². The molecule has 118 valence electrons. The van der Waals surface area contributed by atoms with Crippen LogP contribution in [0.5, 0.6) is 0 Å². The van der Waals surface area contributed by atoms with Gasteiger partial charge in [0.2, 0.25) is 11.0 Å². The summed E-state index contributed by atoms with van der Waals surface area (Å²) in [5.74, 6) is 0.0734. The third kappa shape index (κ3) is 3.98. The highest BCUT2D eigenvalue weighted by molar-refractivity contribution is 8.02. The molecule has 2 rings (SSSR count). The van der Waals surface area contributed by atoms with Crippen molar-refractivity contribution in [2.75, 3.05) is 19.4 Å². The highest BCUT2D eigenvalue weighted by Crippen LogP contribution is 2.31. The number of hydrogen-bond acceptors (Lipinski definition) is 6. The van der Waals surface area contributed by atoms with E-state index in [4.69, 9.17) is 0 Å². The molecular formula is C15H20N4OS2. The Balaban J connectivity index is 2.06. The first-order valence-electron chi connectivity index (χ1n) is 6.93. The molecular weight excluding hydrogens is 316 g/mol. The number of amides is 1. The average Bonchev–Trinajstić information content (AvgIpc) is 2.90. The Morgan fingerprint density at radius 1 is 1.32 bits per heavy atom. The van der Waals surface area contributed by atoms with Gasteiger partial charge in [0, 0.05) is 19.8 Å². The lowest BCUT2D eigenvalue weighted by Gasteiger charge is -2.14. The summed E-state index contributed by atoms with van der Waals surface area (Å²) in [6.45, 7) is 6.04. The van der Waals surface area contributed by atoms with Crippen molar-refractivity contribution >= 4 is 39.8 Å². The smallest absolute Gasteiger partial charge is 0.235 e. The Hall–Kier alpha value is -1.60. The molecule has 0 aliphatic rings. The van der Waals surface area contributed by atoms with Crippen LogP contribution in [0.4, 0.5) is 10.8 Å². The van der Waals surface area contributed by atoms with Crippen LogP contribution in [-0.4, -0.2) is 40.3 Å². The zero-order valence-electron chi connectivity index (χ0n) is 13.4. The molecule has 1 amide bonds. The molecule has 0 saturated carbocycles. The molecule has 22 heavy (non-hydrogen) atoms. The summed E-state index contributed by atoms with van der Waals surface area (Å²) in [6, 6.07) is 6.12. The number of benzene rings is 1. The molecule has 1 aromatic heterocycles. The molecule has 2 aromatic rings. The van der Waals surface area contributed by atoms with E-state index in [1.807, 2.05) is 19.1 Å². The molecule has 0 spiro atoms. The van der Waals surface area contributed by atoms with E-state index in [9.17, 15) is 4.79 Å². The highest BCUT2D eigenvalue weighted by atomic mass is 32.2. The second-order valence-corrected chi connectivity index (χ2v) is 7.80. The van der Waals surface area contributed by atoms with Crippen LogP contribution in [0.15, 0.2) is 22.5 Å². The number of aromatic nitrogens is 2. The van der Waals surface area contributed by atoms with Crippen LogP contribution in [-0.2, 0) is 4.79 Å². The van der Waals surface area contributed by atoms with Gasteiger partial charge in [-0.1, -0.05) is 35.2 Å². The molecule has 1 heterocycles. The third-order valence-corrected chi connectivity index (χ3v) is 5.33. The minimum absolute atomic E-state index is 0.0734. The highest BCUT2D eigenvalue weighted by Gasteiger charge is 2.18. The standard InChI is InChI=1S/C15H20N4OS2/c1-9-7-6-8-12(10(9)2)16-14-17-18-15(22-14)21-11(3)13(20)19(4)5/h6-8,11H,1-5H3,(H,16,17). The molecule has 0 aliphatic carbocycles. The van der Waals surface area contributed by atoms with Crippen molar-refractivity contribution in [3.63, 3.8) is 0 Å². The molecule has 0 radical (unpaired) electrons. The lowest BCUT2D eigenvalue weighted by molar-refractivity contribution is -0.127. The number of anilines is 2. The van der Waals surface area contributed by atoms with Crippen LogP contribution in [0, 0.1) is 13.8 Å². The molecule has 0 fully saturated rings. The Morgan fingerprint density at radius 3 is 2.73 bits per heavy atom. The lowest BCUT2D eigenvalue weighted by Crippen LogP contribution is -2.29. The molecule has 0 saturated heterocycles. The van der Waals surface area contributed by atoms with Crippen molar-refractivity contribution in [3.8, 4) is 0 Å². The summed E-state index contributed by atoms with van der Waals surface area (Å²) >= 11 is 2.89. The summed E-state index contributed by atoms with van der Waals surface area (Å²) in [5.41, 5.74) is 3.46. The van der Waals surface area contributed by atoms with Gasteiger partial charge < -0.3 is 10.2 Å². The fourth-order valence-corrected chi connectivity index (χ4v) is 3.93. The summed E-state index contributed by atoms with van der Waals surface area (Å²) in [6.07, 6.45) is 0. The molecule has 7 heteroatoms. The number of hydrogen-bond donors (Lipinski definition) is 1. The van der Waals surface area contributed by atoms with Gasteiger partial charge in [-0.2, -0.15) is 0 Å². The van der Waals surface area contributed by atoms with Gasteiger partial charge in [-0.15, -0.1) is 10.2 Å². The maximum absolute atomic E-state index is 11.9. The SMILES string of the molecule is Cc1cccc(Nc2nnc(SC(C)C(=O)N(C)C)s2)c1C. The summed E-state index contributed by atoms with van der Waals surface area (Å²) < 4.78 is 0.788. The molecule has 1 aromatic carbocycles. The topological polar surface area (TPSA) is 58.1 Å².